The molecule has 0 saturated carbocycles. The van der Waals surface area contributed by atoms with Crippen LogP contribution in [-0.4, -0.2) is 24.4 Å². The van der Waals surface area contributed by atoms with Crippen molar-refractivity contribution in [3.63, 3.8) is 0 Å². The summed E-state index contributed by atoms with van der Waals surface area (Å²) < 4.78 is 6.02. The lowest BCUT2D eigenvalue weighted by atomic mass is 10.1. The van der Waals surface area contributed by atoms with Gasteiger partial charge in [0.05, 0.1) is 12.1 Å². The first-order valence-electron chi connectivity index (χ1n) is 6.32. The second-order valence-corrected chi connectivity index (χ2v) is 4.70. The molecular weight excluding hydrogens is 238 g/mol. The van der Waals surface area contributed by atoms with Gasteiger partial charge in [-0.05, 0) is 17.7 Å². The Bertz CT molecular complexity index is 595. The van der Waals surface area contributed by atoms with E-state index in [1.807, 2.05) is 61.6 Å². The fourth-order valence-corrected chi connectivity index (χ4v) is 2.32. The van der Waals surface area contributed by atoms with Crippen molar-refractivity contribution < 1.29 is 9.53 Å². The Balaban J connectivity index is 2.01. The van der Waals surface area contributed by atoms with Crippen LogP contribution in [0.4, 0.5) is 0 Å². The minimum Gasteiger partial charge on any atom is -0.483 e. The van der Waals surface area contributed by atoms with Crippen LogP contribution in [0.25, 0.3) is 0 Å². The molecule has 2 aromatic carbocycles. The number of nitrogens with zero attached hydrogens (tertiary/aromatic N) is 1. The molecular formula is C16H15NO2. The Labute approximate surface area is 112 Å². The van der Waals surface area contributed by atoms with Gasteiger partial charge in [0.15, 0.2) is 0 Å². The minimum absolute atomic E-state index is 0.00836. The van der Waals surface area contributed by atoms with E-state index in [1.165, 1.54) is 0 Å². The molecule has 0 bridgehead atoms. The Kier molecular flexibility index (Phi) is 2.95. The third-order valence-electron chi connectivity index (χ3n) is 3.34. The summed E-state index contributed by atoms with van der Waals surface area (Å²) >= 11 is 0. The van der Waals surface area contributed by atoms with Crippen LogP contribution >= 0.6 is 0 Å². The van der Waals surface area contributed by atoms with E-state index in [1.54, 1.807) is 4.90 Å². The fraction of sp³-hybridized carbons (Fsp3) is 0.188. The van der Waals surface area contributed by atoms with Crippen molar-refractivity contribution in [3.8, 4) is 5.75 Å². The average molecular weight is 253 g/mol. The van der Waals surface area contributed by atoms with Crippen LogP contribution in [0.5, 0.6) is 5.75 Å². The van der Waals surface area contributed by atoms with Crippen molar-refractivity contribution in [1.29, 1.82) is 0 Å². The molecule has 3 heteroatoms. The second kappa shape index (κ2) is 4.76. The highest BCUT2D eigenvalue weighted by Crippen LogP contribution is 2.30. The molecule has 3 nitrogen and oxygen atoms in total. The van der Waals surface area contributed by atoms with E-state index in [0.29, 0.717) is 17.9 Å². The fourth-order valence-electron chi connectivity index (χ4n) is 2.32. The van der Waals surface area contributed by atoms with E-state index in [9.17, 15) is 4.79 Å². The van der Waals surface area contributed by atoms with Crippen LogP contribution in [-0.2, 0) is 0 Å². The summed E-state index contributed by atoms with van der Waals surface area (Å²) in [5.41, 5.74) is 1.71. The standard InChI is InChI=1S/C16H15NO2/c1-17-11-15(12-7-3-2-4-8-12)19-14-10-6-5-9-13(14)16(17)18/h2-10,15H,11H2,1H3/t15-/m1/s1. The van der Waals surface area contributed by atoms with E-state index >= 15 is 0 Å². The van der Waals surface area contributed by atoms with Crippen LogP contribution in [0.15, 0.2) is 54.6 Å². The predicted molar refractivity (Wildman–Crippen MR) is 73.2 cm³/mol. The van der Waals surface area contributed by atoms with Gasteiger partial charge in [-0.3, -0.25) is 4.79 Å². The van der Waals surface area contributed by atoms with E-state index in [-0.39, 0.29) is 12.0 Å². The van der Waals surface area contributed by atoms with Gasteiger partial charge in [0.25, 0.3) is 5.91 Å². The number of para-hydroxylation sites is 1. The van der Waals surface area contributed by atoms with Crippen LogP contribution < -0.4 is 4.74 Å². The van der Waals surface area contributed by atoms with Gasteiger partial charge in [-0.1, -0.05) is 42.5 Å². The van der Waals surface area contributed by atoms with Gasteiger partial charge in [0.2, 0.25) is 0 Å². The number of carbonyl (C=O) groups is 1. The molecule has 0 N–H and O–H groups in total. The Morgan fingerprint density at radius 3 is 2.53 bits per heavy atom. The molecule has 1 heterocycles. The van der Waals surface area contributed by atoms with Gasteiger partial charge in [0, 0.05) is 7.05 Å². The number of amides is 1. The minimum atomic E-state index is -0.126. The molecule has 2 aromatic rings. The Morgan fingerprint density at radius 2 is 1.74 bits per heavy atom. The number of benzene rings is 2. The molecule has 0 aromatic heterocycles. The summed E-state index contributed by atoms with van der Waals surface area (Å²) in [5.74, 6) is 0.666. The molecule has 1 atom stereocenters. The lowest BCUT2D eigenvalue weighted by Crippen LogP contribution is -2.29. The quantitative estimate of drug-likeness (QED) is 0.782. The summed E-state index contributed by atoms with van der Waals surface area (Å²) in [6.45, 7) is 0.553. The lowest BCUT2D eigenvalue weighted by Gasteiger charge is -2.20. The number of likely N-dealkylation sites (N-methyl/N-ethyl adjacent to an activating group) is 1. The summed E-state index contributed by atoms with van der Waals surface area (Å²) in [4.78, 5) is 14.0. The monoisotopic (exact) mass is 253 g/mol. The highest BCUT2D eigenvalue weighted by atomic mass is 16.5. The molecule has 19 heavy (non-hydrogen) atoms. The number of ether oxygens (including phenoxy) is 1. The lowest BCUT2D eigenvalue weighted by molar-refractivity contribution is 0.0761. The van der Waals surface area contributed by atoms with Crippen molar-refractivity contribution in [1.82, 2.24) is 4.90 Å². The maximum Gasteiger partial charge on any atom is 0.257 e. The second-order valence-electron chi connectivity index (χ2n) is 4.70. The molecule has 1 aliphatic heterocycles. The number of carbonyl (C=O) groups excluding carboxylic acids is 1. The molecule has 0 saturated heterocycles. The van der Waals surface area contributed by atoms with Crippen molar-refractivity contribution in [2.24, 2.45) is 0 Å². The Morgan fingerprint density at radius 1 is 1.05 bits per heavy atom. The van der Waals surface area contributed by atoms with E-state index in [4.69, 9.17) is 4.74 Å². The molecule has 0 fully saturated rings. The van der Waals surface area contributed by atoms with Crippen LogP contribution in [0.1, 0.15) is 22.0 Å². The molecule has 1 aliphatic rings. The van der Waals surface area contributed by atoms with E-state index < -0.39 is 0 Å². The average Bonchev–Trinajstić information content (AvgIpc) is 2.58. The molecule has 0 spiro atoms. The molecule has 0 unspecified atom stereocenters. The highest BCUT2D eigenvalue weighted by molar-refractivity contribution is 5.97. The smallest absolute Gasteiger partial charge is 0.257 e. The number of fused-ring (bicyclic) bond motifs is 1. The van der Waals surface area contributed by atoms with Crippen LogP contribution in [0.3, 0.4) is 0 Å². The van der Waals surface area contributed by atoms with E-state index in [0.717, 1.165) is 5.56 Å². The van der Waals surface area contributed by atoms with Gasteiger partial charge in [-0.15, -0.1) is 0 Å². The van der Waals surface area contributed by atoms with Crippen LogP contribution in [0.2, 0.25) is 0 Å². The molecule has 1 amide bonds. The van der Waals surface area contributed by atoms with Gasteiger partial charge >= 0.3 is 0 Å². The number of rotatable bonds is 1. The topological polar surface area (TPSA) is 29.5 Å². The van der Waals surface area contributed by atoms with Gasteiger partial charge < -0.3 is 9.64 Å². The van der Waals surface area contributed by atoms with Gasteiger partial charge in [-0.2, -0.15) is 0 Å². The first kappa shape index (κ1) is 11.8. The molecule has 3 rings (SSSR count). The third-order valence-corrected chi connectivity index (χ3v) is 3.34. The normalized spacial score (nSPS) is 18.5. The third kappa shape index (κ3) is 2.19. The van der Waals surface area contributed by atoms with Crippen molar-refractivity contribution >= 4 is 5.91 Å². The largest absolute Gasteiger partial charge is 0.483 e. The SMILES string of the molecule is CN1C[C@H](c2ccccc2)Oc2ccccc2C1=O. The number of hydrogen-bond acceptors (Lipinski definition) is 2. The van der Waals surface area contributed by atoms with Crippen molar-refractivity contribution in [3.05, 3.63) is 65.7 Å². The zero-order valence-electron chi connectivity index (χ0n) is 10.7. The maximum atomic E-state index is 12.3. The first-order chi connectivity index (χ1) is 9.25. The molecule has 0 aliphatic carbocycles. The highest BCUT2D eigenvalue weighted by Gasteiger charge is 2.27. The zero-order chi connectivity index (χ0) is 13.2. The van der Waals surface area contributed by atoms with E-state index in [2.05, 4.69) is 0 Å². The molecule has 0 radical (unpaired) electrons. The first-order valence-corrected chi connectivity index (χ1v) is 6.32. The van der Waals surface area contributed by atoms with Crippen molar-refractivity contribution in [2.45, 2.75) is 6.10 Å². The van der Waals surface area contributed by atoms with Gasteiger partial charge in [-0.25, -0.2) is 0 Å². The van der Waals surface area contributed by atoms with Gasteiger partial charge in [0.1, 0.15) is 11.9 Å². The zero-order valence-corrected chi connectivity index (χ0v) is 10.7. The summed E-state index contributed by atoms with van der Waals surface area (Å²) in [6.07, 6.45) is -0.126. The predicted octanol–water partition coefficient (Wildman–Crippen LogP) is 2.89. The summed E-state index contributed by atoms with van der Waals surface area (Å²) in [6, 6.07) is 17.4. The van der Waals surface area contributed by atoms with Crippen molar-refractivity contribution in [2.75, 3.05) is 13.6 Å². The summed E-state index contributed by atoms with van der Waals surface area (Å²) in [5, 5.41) is 0. The number of hydrogen-bond donors (Lipinski definition) is 0. The Hall–Kier alpha value is -2.29. The molecule has 96 valence electrons. The summed E-state index contributed by atoms with van der Waals surface area (Å²) in [7, 11) is 1.81. The maximum absolute atomic E-state index is 12.3. The van der Waals surface area contributed by atoms with Crippen LogP contribution in [0, 0.1) is 0 Å².